The van der Waals surface area contributed by atoms with Crippen LogP contribution in [0.1, 0.15) is 6.92 Å². The fourth-order valence-electron chi connectivity index (χ4n) is 1.18. The van der Waals surface area contributed by atoms with E-state index in [9.17, 15) is 10.1 Å². The minimum atomic E-state index is -0.459. The Morgan fingerprint density at radius 2 is 2.18 bits per heavy atom. The van der Waals surface area contributed by atoms with E-state index in [1.54, 1.807) is 31.2 Å². The summed E-state index contributed by atoms with van der Waals surface area (Å²) in [6, 6.07) is 6.32. The Balaban J connectivity index is 2.92. The van der Waals surface area contributed by atoms with Crippen LogP contribution in [-0.4, -0.2) is 10.6 Å². The first-order chi connectivity index (χ1) is 8.04. The molecule has 0 aliphatic carbocycles. The van der Waals surface area contributed by atoms with Crippen LogP contribution in [0.25, 0.3) is 0 Å². The van der Waals surface area contributed by atoms with Crippen LogP contribution in [0.4, 0.5) is 11.4 Å². The first-order valence-electron chi connectivity index (χ1n) is 4.91. The van der Waals surface area contributed by atoms with Crippen molar-refractivity contribution in [1.82, 2.24) is 0 Å². The summed E-state index contributed by atoms with van der Waals surface area (Å²) in [6.45, 7) is 8.99. The Kier molecular flexibility index (Phi) is 4.16. The molecule has 17 heavy (non-hydrogen) atoms. The molecule has 1 aromatic carbocycles. The quantitative estimate of drug-likeness (QED) is 0.481. The second-order valence-corrected chi connectivity index (χ2v) is 3.30. The van der Waals surface area contributed by atoms with E-state index in [0.717, 1.165) is 0 Å². The molecule has 0 atom stereocenters. The van der Waals surface area contributed by atoms with Crippen molar-refractivity contribution in [1.29, 1.82) is 0 Å². The molecule has 5 nitrogen and oxygen atoms in total. The van der Waals surface area contributed by atoms with Gasteiger partial charge in [-0.3, -0.25) is 10.1 Å². The average molecular weight is 231 g/mol. The lowest BCUT2D eigenvalue weighted by atomic mass is 10.2. The van der Waals surface area contributed by atoms with Crippen molar-refractivity contribution in [2.75, 3.05) is 5.32 Å². The zero-order valence-corrected chi connectivity index (χ0v) is 9.51. The molecule has 0 heterocycles. The van der Waals surface area contributed by atoms with Gasteiger partial charge in [-0.05, 0) is 19.1 Å². The maximum absolute atomic E-state index is 10.8. The molecule has 0 saturated heterocycles. The Bertz CT molecular complexity index is 492. The van der Waals surface area contributed by atoms with Gasteiger partial charge in [-0.1, -0.05) is 25.3 Å². The number of nitrogens with zero attached hydrogens (tertiary/aromatic N) is 2. The molecule has 1 rings (SSSR count). The van der Waals surface area contributed by atoms with Gasteiger partial charge in [0.2, 0.25) is 0 Å². The highest BCUT2D eigenvalue weighted by Gasteiger charge is 2.12. The average Bonchev–Trinajstić information content (AvgIpc) is 2.29. The molecule has 0 bridgehead atoms. The van der Waals surface area contributed by atoms with E-state index in [1.807, 2.05) is 0 Å². The summed E-state index contributed by atoms with van der Waals surface area (Å²) >= 11 is 0. The zero-order chi connectivity index (χ0) is 12.8. The van der Waals surface area contributed by atoms with Gasteiger partial charge in [0.15, 0.2) is 0 Å². The van der Waals surface area contributed by atoms with Crippen molar-refractivity contribution in [3.05, 3.63) is 59.4 Å². The van der Waals surface area contributed by atoms with Crippen LogP contribution in [0.2, 0.25) is 0 Å². The molecular weight excluding hydrogens is 218 g/mol. The van der Waals surface area contributed by atoms with Crippen LogP contribution in [0, 0.1) is 10.1 Å². The predicted octanol–water partition coefficient (Wildman–Crippen LogP) is 3.12. The molecule has 0 aliphatic heterocycles. The third-order valence-corrected chi connectivity index (χ3v) is 1.99. The van der Waals surface area contributed by atoms with Gasteiger partial charge in [-0.25, -0.2) is 4.99 Å². The van der Waals surface area contributed by atoms with E-state index >= 15 is 0 Å². The number of para-hydroxylation sites is 2. The van der Waals surface area contributed by atoms with Crippen molar-refractivity contribution >= 4 is 17.1 Å². The minimum Gasteiger partial charge on any atom is -0.335 e. The second kappa shape index (κ2) is 5.60. The first-order valence-corrected chi connectivity index (χ1v) is 4.91. The molecule has 88 valence electrons. The number of nitro groups is 1. The second-order valence-electron chi connectivity index (χ2n) is 3.30. The molecule has 0 amide bonds. The van der Waals surface area contributed by atoms with E-state index in [2.05, 4.69) is 23.5 Å². The summed E-state index contributed by atoms with van der Waals surface area (Å²) in [4.78, 5) is 14.4. The third kappa shape index (κ3) is 3.57. The molecule has 0 fully saturated rings. The van der Waals surface area contributed by atoms with Gasteiger partial charge in [0.1, 0.15) is 11.5 Å². The predicted molar refractivity (Wildman–Crippen MR) is 69.2 cm³/mol. The van der Waals surface area contributed by atoms with Crippen molar-refractivity contribution in [3.63, 3.8) is 0 Å². The van der Waals surface area contributed by atoms with E-state index < -0.39 is 4.92 Å². The molecule has 0 aromatic heterocycles. The maximum Gasteiger partial charge on any atom is 0.292 e. The van der Waals surface area contributed by atoms with Crippen LogP contribution in [0.3, 0.4) is 0 Å². The van der Waals surface area contributed by atoms with Crippen molar-refractivity contribution in [3.8, 4) is 0 Å². The molecule has 0 aliphatic rings. The van der Waals surface area contributed by atoms with E-state index in [4.69, 9.17) is 0 Å². The van der Waals surface area contributed by atoms with Gasteiger partial charge in [-0.2, -0.15) is 0 Å². The van der Waals surface area contributed by atoms with Gasteiger partial charge in [0.05, 0.1) is 4.92 Å². The van der Waals surface area contributed by atoms with E-state index in [-0.39, 0.29) is 5.69 Å². The molecule has 1 N–H and O–H groups in total. The molecular formula is C12H13N3O2. The van der Waals surface area contributed by atoms with Gasteiger partial charge >= 0.3 is 0 Å². The summed E-state index contributed by atoms with van der Waals surface area (Å²) in [6.07, 6.45) is 1.58. The highest BCUT2D eigenvalue weighted by atomic mass is 16.6. The summed E-state index contributed by atoms with van der Waals surface area (Å²) in [5, 5.41) is 13.6. The highest BCUT2D eigenvalue weighted by molar-refractivity contribution is 5.93. The number of hydrogen-bond donors (Lipinski definition) is 1. The molecule has 5 heteroatoms. The summed E-state index contributed by atoms with van der Waals surface area (Å²) in [5.74, 6) is 0.330. The van der Waals surface area contributed by atoms with Crippen LogP contribution >= 0.6 is 0 Å². The Morgan fingerprint density at radius 3 is 2.76 bits per heavy atom. The van der Waals surface area contributed by atoms with Gasteiger partial charge < -0.3 is 5.32 Å². The Hall–Kier alpha value is -2.43. The fourth-order valence-corrected chi connectivity index (χ4v) is 1.18. The molecule has 0 unspecified atom stereocenters. The maximum atomic E-state index is 10.8. The summed E-state index contributed by atoms with van der Waals surface area (Å²) in [7, 11) is 0. The number of hydrogen-bond acceptors (Lipinski definition) is 4. The largest absolute Gasteiger partial charge is 0.335 e. The monoisotopic (exact) mass is 231 g/mol. The number of anilines is 1. The van der Waals surface area contributed by atoms with Crippen LogP contribution in [0.15, 0.2) is 54.3 Å². The number of rotatable bonds is 5. The normalized spacial score (nSPS) is 10.8. The number of nitro benzene ring substituents is 1. The Labute approximate surface area is 99.3 Å². The van der Waals surface area contributed by atoms with Gasteiger partial charge in [-0.15, -0.1) is 0 Å². The smallest absolute Gasteiger partial charge is 0.292 e. The number of benzene rings is 1. The lowest BCUT2D eigenvalue weighted by molar-refractivity contribution is -0.383. The number of nitrogens with one attached hydrogen (secondary N) is 1. The van der Waals surface area contributed by atoms with Crippen LogP contribution < -0.4 is 5.32 Å². The molecule has 1 aromatic rings. The molecule has 0 saturated carbocycles. The Morgan fingerprint density at radius 1 is 1.53 bits per heavy atom. The van der Waals surface area contributed by atoms with Crippen molar-refractivity contribution < 1.29 is 4.92 Å². The standard InChI is InChI=1S/C12H13N3O2/c1-4-9(2)13-10(3)14-11-7-5-6-8-12(11)15(16)17/h4-8,14H,1,3H2,2H3. The van der Waals surface area contributed by atoms with Crippen LogP contribution in [0.5, 0.6) is 0 Å². The molecule has 0 spiro atoms. The van der Waals surface area contributed by atoms with Crippen LogP contribution in [-0.2, 0) is 0 Å². The van der Waals surface area contributed by atoms with E-state index in [0.29, 0.717) is 17.2 Å². The third-order valence-electron chi connectivity index (χ3n) is 1.99. The lowest BCUT2D eigenvalue weighted by Gasteiger charge is -2.06. The SMILES string of the molecule is C=CC(C)=NC(=C)Nc1ccccc1[N+](=O)[O-]. The van der Waals surface area contributed by atoms with E-state index in [1.165, 1.54) is 6.07 Å². The number of aliphatic imine (C=N–C) groups is 1. The highest BCUT2D eigenvalue weighted by Crippen LogP contribution is 2.24. The summed E-state index contributed by atoms with van der Waals surface area (Å²) in [5.41, 5.74) is 1.03. The number of allylic oxidation sites excluding steroid dienone is 1. The lowest BCUT2D eigenvalue weighted by Crippen LogP contribution is -2.01. The molecule has 0 radical (unpaired) electrons. The summed E-state index contributed by atoms with van der Waals surface area (Å²) < 4.78 is 0. The fraction of sp³-hybridized carbons (Fsp3) is 0.0833. The van der Waals surface area contributed by atoms with Gasteiger partial charge in [0.25, 0.3) is 5.69 Å². The zero-order valence-electron chi connectivity index (χ0n) is 9.51. The minimum absolute atomic E-state index is 0.0138. The van der Waals surface area contributed by atoms with Crippen molar-refractivity contribution in [2.24, 2.45) is 4.99 Å². The first kappa shape index (κ1) is 12.6. The van der Waals surface area contributed by atoms with Crippen molar-refractivity contribution in [2.45, 2.75) is 6.92 Å². The topological polar surface area (TPSA) is 67.5 Å². The van der Waals surface area contributed by atoms with Gasteiger partial charge in [0, 0.05) is 11.8 Å².